The number of carbonyl (C=O) groups excluding carboxylic acids is 2. The molecule has 3 aromatic rings. The van der Waals surface area contributed by atoms with E-state index in [-0.39, 0.29) is 42.1 Å². The van der Waals surface area contributed by atoms with Crippen molar-refractivity contribution >= 4 is 23.2 Å². The molecule has 1 aliphatic heterocycles. The smallest absolute Gasteiger partial charge is 0.278 e. The molecular weight excluding hydrogens is 380 g/mol. The molecular formula is C23H22N4O3. The number of hydrogen-bond acceptors (Lipinski definition) is 4. The molecule has 2 amide bonds. The number of fused-ring (bicyclic) bond motifs is 1. The molecule has 0 spiro atoms. The molecule has 0 aliphatic carbocycles. The molecule has 7 nitrogen and oxygen atoms in total. The van der Waals surface area contributed by atoms with Crippen LogP contribution in [0.3, 0.4) is 0 Å². The van der Waals surface area contributed by atoms with Crippen LogP contribution in [0.25, 0.3) is 0 Å². The lowest BCUT2D eigenvalue weighted by Gasteiger charge is -2.22. The van der Waals surface area contributed by atoms with E-state index in [1.165, 1.54) is 16.8 Å². The minimum atomic E-state index is -0.353. The van der Waals surface area contributed by atoms with Gasteiger partial charge in [-0.05, 0) is 43.2 Å². The number of benzene rings is 2. The van der Waals surface area contributed by atoms with Gasteiger partial charge in [-0.25, -0.2) is 4.68 Å². The molecule has 1 N–H and O–H groups in total. The molecule has 1 aliphatic rings. The molecule has 1 aromatic heterocycles. The summed E-state index contributed by atoms with van der Waals surface area (Å²) in [6.07, 6.45) is 0.851. The van der Waals surface area contributed by atoms with Crippen LogP contribution >= 0.6 is 0 Å². The topological polar surface area (TPSA) is 84.3 Å². The van der Waals surface area contributed by atoms with Gasteiger partial charge in [-0.2, -0.15) is 5.10 Å². The Morgan fingerprint density at radius 2 is 1.77 bits per heavy atom. The molecule has 0 radical (unpaired) electrons. The first-order chi connectivity index (χ1) is 14.5. The van der Waals surface area contributed by atoms with Crippen molar-refractivity contribution in [2.75, 3.05) is 10.2 Å². The van der Waals surface area contributed by atoms with Gasteiger partial charge < -0.3 is 10.2 Å². The van der Waals surface area contributed by atoms with Crippen molar-refractivity contribution in [3.63, 3.8) is 0 Å². The van der Waals surface area contributed by atoms with Gasteiger partial charge in [0.25, 0.3) is 11.5 Å². The third-order valence-electron chi connectivity index (χ3n) is 5.12. The van der Waals surface area contributed by atoms with Crippen molar-refractivity contribution < 1.29 is 9.59 Å². The van der Waals surface area contributed by atoms with E-state index in [1.807, 2.05) is 49.4 Å². The van der Waals surface area contributed by atoms with Gasteiger partial charge in [0.1, 0.15) is 5.69 Å². The number of nitrogens with zero attached hydrogens (tertiary/aromatic N) is 3. The van der Waals surface area contributed by atoms with E-state index in [0.717, 1.165) is 17.7 Å². The lowest BCUT2D eigenvalue weighted by Crippen LogP contribution is -2.37. The number of aryl methyl sites for hydroxylation is 1. The Hall–Kier alpha value is -3.74. The molecule has 4 rings (SSSR count). The van der Waals surface area contributed by atoms with E-state index >= 15 is 0 Å². The van der Waals surface area contributed by atoms with Gasteiger partial charge in [-0.15, -0.1) is 0 Å². The van der Waals surface area contributed by atoms with Crippen molar-refractivity contribution in [3.8, 4) is 0 Å². The van der Waals surface area contributed by atoms with Crippen LogP contribution in [0, 0.1) is 0 Å². The van der Waals surface area contributed by atoms with E-state index in [0.29, 0.717) is 5.69 Å². The number of anilines is 2. The molecule has 0 unspecified atom stereocenters. The number of amides is 2. The molecule has 152 valence electrons. The summed E-state index contributed by atoms with van der Waals surface area (Å²) in [7, 11) is 0. The maximum absolute atomic E-state index is 13.1. The SMILES string of the molecule is C[C@H]1Cc2ccccc2N1C(=O)c1ccc(=O)n(CCC(=O)Nc2ccccc2)n1. The van der Waals surface area contributed by atoms with Crippen molar-refractivity contribution in [3.05, 3.63) is 88.3 Å². The van der Waals surface area contributed by atoms with E-state index in [2.05, 4.69) is 10.4 Å². The molecule has 2 aromatic carbocycles. The van der Waals surface area contributed by atoms with Crippen LogP contribution in [0.2, 0.25) is 0 Å². The number of nitrogens with one attached hydrogen (secondary N) is 1. The van der Waals surface area contributed by atoms with E-state index < -0.39 is 0 Å². The van der Waals surface area contributed by atoms with Crippen LogP contribution in [0.5, 0.6) is 0 Å². The van der Waals surface area contributed by atoms with Crippen LogP contribution in [-0.2, 0) is 17.8 Å². The quantitative estimate of drug-likeness (QED) is 0.711. The second-order valence-corrected chi connectivity index (χ2v) is 7.30. The number of aromatic nitrogens is 2. The average molecular weight is 402 g/mol. The number of hydrogen-bond donors (Lipinski definition) is 1. The van der Waals surface area contributed by atoms with Crippen LogP contribution in [0.1, 0.15) is 29.4 Å². The monoisotopic (exact) mass is 402 g/mol. The Kier molecular flexibility index (Phi) is 5.43. The van der Waals surface area contributed by atoms with Crippen molar-refractivity contribution in [2.24, 2.45) is 0 Å². The second kappa shape index (κ2) is 8.32. The second-order valence-electron chi connectivity index (χ2n) is 7.30. The zero-order valence-electron chi connectivity index (χ0n) is 16.6. The van der Waals surface area contributed by atoms with Gasteiger partial charge in [-0.3, -0.25) is 14.4 Å². The number of para-hydroxylation sites is 2. The predicted octanol–water partition coefficient (Wildman–Crippen LogP) is 2.86. The standard InChI is InChI=1S/C23H22N4O3/c1-16-15-17-7-5-6-10-20(17)27(16)23(30)19-11-12-22(29)26(25-19)14-13-21(28)24-18-8-3-2-4-9-18/h2-12,16H,13-15H2,1H3,(H,24,28)/t16-/m0/s1. The Morgan fingerprint density at radius 1 is 1.03 bits per heavy atom. The summed E-state index contributed by atoms with van der Waals surface area (Å²) in [5, 5.41) is 7.01. The van der Waals surface area contributed by atoms with Gasteiger partial charge >= 0.3 is 0 Å². The summed E-state index contributed by atoms with van der Waals surface area (Å²) in [6.45, 7) is 2.08. The van der Waals surface area contributed by atoms with E-state index in [1.54, 1.807) is 17.0 Å². The fourth-order valence-electron chi connectivity index (χ4n) is 3.67. The predicted molar refractivity (Wildman–Crippen MR) is 115 cm³/mol. The molecule has 2 heterocycles. The van der Waals surface area contributed by atoms with Gasteiger partial charge in [-0.1, -0.05) is 36.4 Å². The molecule has 0 saturated heterocycles. The maximum atomic E-state index is 13.1. The first kappa shape index (κ1) is 19.6. The third kappa shape index (κ3) is 4.00. The Morgan fingerprint density at radius 3 is 2.57 bits per heavy atom. The molecule has 7 heteroatoms. The van der Waals surface area contributed by atoms with Crippen molar-refractivity contribution in [2.45, 2.75) is 32.4 Å². The fraction of sp³-hybridized carbons (Fsp3) is 0.217. The summed E-state index contributed by atoms with van der Waals surface area (Å²) in [6, 6.07) is 19.7. The zero-order chi connectivity index (χ0) is 21.1. The van der Waals surface area contributed by atoms with Crippen molar-refractivity contribution in [1.82, 2.24) is 9.78 Å². The molecule has 0 bridgehead atoms. The summed E-state index contributed by atoms with van der Waals surface area (Å²) in [4.78, 5) is 39.2. The fourth-order valence-corrected chi connectivity index (χ4v) is 3.67. The summed E-state index contributed by atoms with van der Waals surface area (Å²) >= 11 is 0. The van der Waals surface area contributed by atoms with Crippen LogP contribution in [0.15, 0.2) is 71.5 Å². The third-order valence-corrected chi connectivity index (χ3v) is 5.12. The van der Waals surface area contributed by atoms with E-state index in [4.69, 9.17) is 0 Å². The first-order valence-corrected chi connectivity index (χ1v) is 9.87. The van der Waals surface area contributed by atoms with Gasteiger partial charge in [0.15, 0.2) is 0 Å². The van der Waals surface area contributed by atoms with Crippen LogP contribution in [0.4, 0.5) is 11.4 Å². The highest BCUT2D eigenvalue weighted by Crippen LogP contribution is 2.32. The largest absolute Gasteiger partial charge is 0.326 e. The Balaban J connectivity index is 1.49. The maximum Gasteiger partial charge on any atom is 0.278 e. The molecule has 1 atom stereocenters. The molecule has 0 saturated carbocycles. The van der Waals surface area contributed by atoms with Crippen LogP contribution in [-0.4, -0.2) is 27.6 Å². The van der Waals surface area contributed by atoms with Crippen molar-refractivity contribution in [1.29, 1.82) is 0 Å². The summed E-state index contributed by atoms with van der Waals surface area (Å²) < 4.78 is 1.17. The van der Waals surface area contributed by atoms with Gasteiger partial charge in [0.05, 0.1) is 6.54 Å². The first-order valence-electron chi connectivity index (χ1n) is 9.87. The van der Waals surface area contributed by atoms with Gasteiger partial charge in [0, 0.05) is 29.9 Å². The normalized spacial score (nSPS) is 15.0. The number of rotatable bonds is 5. The Bertz CT molecular complexity index is 1140. The summed E-state index contributed by atoms with van der Waals surface area (Å²) in [5.41, 5.74) is 2.50. The highest BCUT2D eigenvalue weighted by molar-refractivity contribution is 6.06. The summed E-state index contributed by atoms with van der Waals surface area (Å²) in [5.74, 6) is -0.483. The minimum absolute atomic E-state index is 0.00808. The Labute approximate surface area is 174 Å². The van der Waals surface area contributed by atoms with E-state index in [9.17, 15) is 14.4 Å². The van der Waals surface area contributed by atoms with Gasteiger partial charge in [0.2, 0.25) is 5.91 Å². The molecule has 0 fully saturated rings. The lowest BCUT2D eigenvalue weighted by atomic mass is 10.1. The number of carbonyl (C=O) groups is 2. The highest BCUT2D eigenvalue weighted by atomic mass is 16.2. The highest BCUT2D eigenvalue weighted by Gasteiger charge is 2.32. The zero-order valence-corrected chi connectivity index (χ0v) is 16.6. The van der Waals surface area contributed by atoms with Crippen LogP contribution < -0.4 is 15.8 Å². The average Bonchev–Trinajstić information content (AvgIpc) is 3.09. The lowest BCUT2D eigenvalue weighted by molar-refractivity contribution is -0.116. The minimum Gasteiger partial charge on any atom is -0.326 e. The molecule has 30 heavy (non-hydrogen) atoms.